The summed E-state index contributed by atoms with van der Waals surface area (Å²) in [6, 6.07) is 25.1. The SMILES string of the molecule is O=c1ccc2cc(S(=O)(=O)NCC(c3ccccc3)c3c[nH]c4ccccc34)ccc2o1. The molecule has 0 fully saturated rings. The molecule has 0 saturated carbocycles. The average Bonchev–Trinajstić information content (AvgIpc) is 3.23. The fourth-order valence-corrected chi connectivity index (χ4v) is 5.05. The maximum Gasteiger partial charge on any atom is 0.336 e. The Morgan fingerprint density at radius 2 is 1.69 bits per heavy atom. The zero-order valence-electron chi connectivity index (χ0n) is 17.0. The van der Waals surface area contributed by atoms with Gasteiger partial charge < -0.3 is 9.40 Å². The van der Waals surface area contributed by atoms with Gasteiger partial charge in [0.15, 0.2) is 0 Å². The van der Waals surface area contributed by atoms with Crippen LogP contribution in [0.2, 0.25) is 0 Å². The number of H-pyrrole nitrogens is 1. The van der Waals surface area contributed by atoms with Gasteiger partial charge in [-0.05, 0) is 41.5 Å². The fourth-order valence-electron chi connectivity index (χ4n) is 3.97. The largest absolute Gasteiger partial charge is 0.423 e. The minimum Gasteiger partial charge on any atom is -0.423 e. The second kappa shape index (κ2) is 8.11. The van der Waals surface area contributed by atoms with Crippen molar-refractivity contribution in [1.82, 2.24) is 9.71 Å². The third kappa shape index (κ3) is 3.84. The molecule has 0 bridgehead atoms. The van der Waals surface area contributed by atoms with Crippen molar-refractivity contribution in [3.05, 3.63) is 113 Å². The predicted octanol–water partition coefficient (Wildman–Crippen LogP) is 4.38. The molecule has 6 nitrogen and oxygen atoms in total. The summed E-state index contributed by atoms with van der Waals surface area (Å²) in [5.41, 5.74) is 2.91. The molecule has 0 spiro atoms. The number of sulfonamides is 1. The lowest BCUT2D eigenvalue weighted by atomic mass is 9.91. The molecule has 0 amide bonds. The molecule has 5 aromatic rings. The van der Waals surface area contributed by atoms with E-state index in [0.29, 0.717) is 11.0 Å². The Hall–Kier alpha value is -3.68. The van der Waals surface area contributed by atoms with Crippen molar-refractivity contribution in [2.75, 3.05) is 6.54 Å². The number of aromatic amines is 1. The van der Waals surface area contributed by atoms with Gasteiger partial charge in [0.1, 0.15) is 5.58 Å². The van der Waals surface area contributed by atoms with E-state index in [9.17, 15) is 13.2 Å². The van der Waals surface area contributed by atoms with E-state index in [-0.39, 0.29) is 17.4 Å². The third-order valence-electron chi connectivity index (χ3n) is 5.58. The molecule has 0 radical (unpaired) electrons. The van der Waals surface area contributed by atoms with E-state index in [0.717, 1.165) is 22.0 Å². The van der Waals surface area contributed by atoms with Crippen LogP contribution >= 0.6 is 0 Å². The molecule has 7 heteroatoms. The fraction of sp³-hybridized carbons (Fsp3) is 0.0800. The molecule has 3 aromatic carbocycles. The first kappa shape index (κ1) is 20.2. The highest BCUT2D eigenvalue weighted by Gasteiger charge is 2.22. The Balaban J connectivity index is 1.49. The number of hydrogen-bond acceptors (Lipinski definition) is 4. The number of hydrogen-bond donors (Lipinski definition) is 2. The number of nitrogens with one attached hydrogen (secondary N) is 2. The van der Waals surface area contributed by atoms with E-state index < -0.39 is 15.6 Å². The van der Waals surface area contributed by atoms with Crippen LogP contribution in [-0.4, -0.2) is 19.9 Å². The van der Waals surface area contributed by atoms with Gasteiger partial charge in [-0.25, -0.2) is 17.9 Å². The van der Waals surface area contributed by atoms with E-state index in [4.69, 9.17) is 4.42 Å². The summed E-state index contributed by atoms with van der Waals surface area (Å²) in [4.78, 5) is 14.8. The van der Waals surface area contributed by atoms with Crippen LogP contribution in [-0.2, 0) is 10.0 Å². The van der Waals surface area contributed by atoms with Crippen LogP contribution in [0.3, 0.4) is 0 Å². The van der Waals surface area contributed by atoms with Gasteiger partial charge in [0, 0.05) is 41.0 Å². The quantitative estimate of drug-likeness (QED) is 0.380. The van der Waals surface area contributed by atoms with Gasteiger partial charge in [-0.3, -0.25) is 0 Å². The van der Waals surface area contributed by atoms with Gasteiger partial charge in [0.25, 0.3) is 0 Å². The maximum absolute atomic E-state index is 13.1. The molecule has 1 atom stereocenters. The molecule has 2 heterocycles. The number of rotatable bonds is 6. The first-order chi connectivity index (χ1) is 15.5. The number of fused-ring (bicyclic) bond motifs is 2. The van der Waals surface area contributed by atoms with Crippen molar-refractivity contribution in [2.24, 2.45) is 0 Å². The van der Waals surface area contributed by atoms with E-state index >= 15 is 0 Å². The molecule has 0 aliphatic heterocycles. The standard InChI is InChI=1S/C25H20N2O4S/c28-25-13-10-18-14-19(11-12-24(18)31-25)32(29,30)27-16-21(17-6-2-1-3-7-17)22-15-26-23-9-5-4-8-20(22)23/h1-15,21,26-27H,16H2. The van der Waals surface area contributed by atoms with Crippen molar-refractivity contribution < 1.29 is 12.8 Å². The summed E-state index contributed by atoms with van der Waals surface area (Å²) in [5, 5.41) is 1.60. The molecule has 0 aliphatic carbocycles. The normalized spacial score (nSPS) is 12.9. The minimum absolute atomic E-state index is 0.115. The van der Waals surface area contributed by atoms with Crippen LogP contribution in [0.15, 0.2) is 105 Å². The second-order valence-electron chi connectivity index (χ2n) is 7.56. The molecular weight excluding hydrogens is 424 g/mol. The lowest BCUT2D eigenvalue weighted by Crippen LogP contribution is -2.29. The van der Waals surface area contributed by atoms with Crippen molar-refractivity contribution >= 4 is 31.9 Å². The Kier molecular flexibility index (Phi) is 5.13. The second-order valence-corrected chi connectivity index (χ2v) is 9.33. The van der Waals surface area contributed by atoms with Crippen LogP contribution in [0.1, 0.15) is 17.0 Å². The smallest absolute Gasteiger partial charge is 0.336 e. The van der Waals surface area contributed by atoms with Gasteiger partial charge in [-0.1, -0.05) is 48.5 Å². The van der Waals surface area contributed by atoms with E-state index in [1.54, 1.807) is 6.07 Å². The summed E-state index contributed by atoms with van der Waals surface area (Å²) < 4.78 is 34.1. The minimum atomic E-state index is -3.79. The Bertz CT molecular complexity index is 1570. The van der Waals surface area contributed by atoms with Gasteiger partial charge in [-0.2, -0.15) is 0 Å². The number of benzene rings is 3. The van der Waals surface area contributed by atoms with E-state index in [1.165, 1.54) is 24.3 Å². The van der Waals surface area contributed by atoms with Crippen LogP contribution < -0.4 is 10.3 Å². The molecule has 32 heavy (non-hydrogen) atoms. The van der Waals surface area contributed by atoms with Gasteiger partial charge in [-0.15, -0.1) is 0 Å². The summed E-state index contributed by atoms with van der Waals surface area (Å²) in [6.07, 6.45) is 1.94. The number of aromatic nitrogens is 1. The first-order valence-electron chi connectivity index (χ1n) is 10.2. The molecule has 160 valence electrons. The van der Waals surface area contributed by atoms with Crippen LogP contribution in [0.25, 0.3) is 21.9 Å². The first-order valence-corrected chi connectivity index (χ1v) is 11.6. The van der Waals surface area contributed by atoms with Gasteiger partial charge in [0.2, 0.25) is 10.0 Å². The van der Waals surface area contributed by atoms with Gasteiger partial charge in [0.05, 0.1) is 4.90 Å². The highest BCUT2D eigenvalue weighted by Crippen LogP contribution is 2.31. The van der Waals surface area contributed by atoms with Crippen molar-refractivity contribution in [3.63, 3.8) is 0 Å². The highest BCUT2D eigenvalue weighted by molar-refractivity contribution is 7.89. The molecular formula is C25H20N2O4S. The third-order valence-corrected chi connectivity index (χ3v) is 7.00. The predicted molar refractivity (Wildman–Crippen MR) is 124 cm³/mol. The Morgan fingerprint density at radius 1 is 0.906 bits per heavy atom. The van der Waals surface area contributed by atoms with Crippen molar-refractivity contribution in [1.29, 1.82) is 0 Å². The Morgan fingerprint density at radius 3 is 2.53 bits per heavy atom. The molecule has 1 unspecified atom stereocenters. The summed E-state index contributed by atoms with van der Waals surface area (Å²) in [5.74, 6) is -0.180. The molecule has 2 aromatic heterocycles. The van der Waals surface area contributed by atoms with Crippen molar-refractivity contribution in [2.45, 2.75) is 10.8 Å². The maximum atomic E-state index is 13.1. The van der Waals surface area contributed by atoms with Gasteiger partial charge >= 0.3 is 5.63 Å². The Labute approximate surface area is 184 Å². The zero-order valence-corrected chi connectivity index (χ0v) is 17.8. The topological polar surface area (TPSA) is 92.2 Å². The average molecular weight is 445 g/mol. The zero-order chi connectivity index (χ0) is 22.1. The molecule has 5 rings (SSSR count). The summed E-state index contributed by atoms with van der Waals surface area (Å²) in [7, 11) is -3.79. The molecule has 0 saturated heterocycles. The monoisotopic (exact) mass is 444 g/mol. The van der Waals surface area contributed by atoms with E-state index in [2.05, 4.69) is 9.71 Å². The summed E-state index contributed by atoms with van der Waals surface area (Å²) in [6.45, 7) is 0.191. The lowest BCUT2D eigenvalue weighted by Gasteiger charge is -2.18. The lowest BCUT2D eigenvalue weighted by molar-refractivity contribution is 0.560. The van der Waals surface area contributed by atoms with E-state index in [1.807, 2.05) is 60.8 Å². The summed E-state index contributed by atoms with van der Waals surface area (Å²) >= 11 is 0. The highest BCUT2D eigenvalue weighted by atomic mass is 32.2. The van der Waals surface area contributed by atoms with Crippen LogP contribution in [0.4, 0.5) is 0 Å². The molecule has 2 N–H and O–H groups in total. The van der Waals surface area contributed by atoms with Crippen LogP contribution in [0, 0.1) is 0 Å². The number of para-hydroxylation sites is 1. The molecule has 0 aliphatic rings. The van der Waals surface area contributed by atoms with Crippen molar-refractivity contribution in [3.8, 4) is 0 Å². The van der Waals surface area contributed by atoms with Crippen LogP contribution in [0.5, 0.6) is 0 Å².